The summed E-state index contributed by atoms with van der Waals surface area (Å²) in [5.74, 6) is 2.87. The molecule has 7 heteroatoms. The summed E-state index contributed by atoms with van der Waals surface area (Å²) >= 11 is 0. The molecule has 1 aliphatic rings. The Morgan fingerprint density at radius 1 is 1.13 bits per heavy atom. The number of likely N-dealkylation sites (tertiary alicyclic amines) is 1. The van der Waals surface area contributed by atoms with Crippen molar-refractivity contribution in [1.29, 1.82) is 0 Å². The maximum atomic E-state index is 4.52. The van der Waals surface area contributed by atoms with Crippen molar-refractivity contribution in [1.82, 2.24) is 25.1 Å². The number of aromatic nitrogens is 2. The highest BCUT2D eigenvalue weighted by Crippen LogP contribution is 2.15. The van der Waals surface area contributed by atoms with Crippen LogP contribution in [-0.4, -0.2) is 60.2 Å². The van der Waals surface area contributed by atoms with Crippen LogP contribution in [-0.2, 0) is 13.0 Å². The predicted octanol–water partition coefficient (Wildman–Crippen LogP) is 3.38. The number of piperidine rings is 1. The van der Waals surface area contributed by atoms with Gasteiger partial charge in [-0.05, 0) is 50.4 Å². The number of guanidine groups is 1. The van der Waals surface area contributed by atoms with Crippen molar-refractivity contribution in [2.45, 2.75) is 39.2 Å². The van der Waals surface area contributed by atoms with Crippen molar-refractivity contribution in [2.75, 3.05) is 39.8 Å². The fourth-order valence-corrected chi connectivity index (χ4v) is 3.80. The number of imidazole rings is 1. The average Bonchev–Trinajstić information content (AvgIpc) is 3.18. The fraction of sp³-hybridized carbons (Fsp3) is 0.565. The van der Waals surface area contributed by atoms with Crippen molar-refractivity contribution in [3.05, 3.63) is 54.1 Å². The summed E-state index contributed by atoms with van der Waals surface area (Å²) in [6.07, 6.45) is 8.64. The fourth-order valence-electron chi connectivity index (χ4n) is 3.80. The third-order valence-corrected chi connectivity index (χ3v) is 5.68. The molecule has 1 aliphatic heterocycles. The molecule has 1 fully saturated rings. The molecule has 2 heterocycles. The number of halogens is 1. The number of benzene rings is 1. The van der Waals surface area contributed by atoms with Crippen molar-refractivity contribution >= 4 is 29.9 Å². The second-order valence-corrected chi connectivity index (χ2v) is 8.01. The van der Waals surface area contributed by atoms with Crippen LogP contribution >= 0.6 is 24.0 Å². The Labute approximate surface area is 198 Å². The molecule has 0 bridgehead atoms. The van der Waals surface area contributed by atoms with E-state index in [0.717, 1.165) is 50.2 Å². The number of rotatable bonds is 9. The number of hydrogen-bond donors (Lipinski definition) is 2. The largest absolute Gasteiger partial charge is 0.356 e. The molecule has 0 aliphatic carbocycles. The van der Waals surface area contributed by atoms with Crippen molar-refractivity contribution in [3.8, 4) is 0 Å². The van der Waals surface area contributed by atoms with Crippen LogP contribution in [0.5, 0.6) is 0 Å². The van der Waals surface area contributed by atoms with Gasteiger partial charge in [-0.2, -0.15) is 0 Å². The van der Waals surface area contributed by atoms with Gasteiger partial charge in [0.05, 0.1) is 0 Å². The van der Waals surface area contributed by atoms with E-state index in [1.54, 1.807) is 0 Å². The van der Waals surface area contributed by atoms with Gasteiger partial charge in [0.15, 0.2) is 5.96 Å². The molecule has 0 saturated carbocycles. The molecule has 1 saturated heterocycles. The lowest BCUT2D eigenvalue weighted by Crippen LogP contribution is -2.40. The van der Waals surface area contributed by atoms with Gasteiger partial charge >= 0.3 is 0 Å². The van der Waals surface area contributed by atoms with Crippen LogP contribution in [0.4, 0.5) is 0 Å². The number of hydrogen-bond acceptors (Lipinski definition) is 3. The van der Waals surface area contributed by atoms with Crippen LogP contribution in [0.15, 0.2) is 47.7 Å². The zero-order valence-electron chi connectivity index (χ0n) is 18.4. The Morgan fingerprint density at radius 3 is 2.60 bits per heavy atom. The van der Waals surface area contributed by atoms with Gasteiger partial charge in [0.25, 0.3) is 0 Å². The Kier molecular flexibility index (Phi) is 11.2. The van der Waals surface area contributed by atoms with E-state index < -0.39 is 0 Å². The molecule has 0 radical (unpaired) electrons. The molecular formula is C23H37IN6. The predicted molar refractivity (Wildman–Crippen MR) is 136 cm³/mol. The van der Waals surface area contributed by atoms with Gasteiger partial charge in [-0.25, -0.2) is 4.98 Å². The van der Waals surface area contributed by atoms with E-state index >= 15 is 0 Å². The van der Waals surface area contributed by atoms with Gasteiger partial charge in [0, 0.05) is 45.5 Å². The van der Waals surface area contributed by atoms with Crippen LogP contribution in [0, 0.1) is 5.92 Å². The van der Waals surface area contributed by atoms with Gasteiger partial charge in [-0.1, -0.05) is 37.3 Å². The quantitative estimate of drug-likeness (QED) is 0.229. The minimum atomic E-state index is 0. The van der Waals surface area contributed by atoms with E-state index in [-0.39, 0.29) is 24.0 Å². The van der Waals surface area contributed by atoms with Crippen LogP contribution in [0.1, 0.15) is 37.6 Å². The van der Waals surface area contributed by atoms with Crippen molar-refractivity contribution in [3.63, 3.8) is 0 Å². The van der Waals surface area contributed by atoms with Crippen molar-refractivity contribution < 1.29 is 0 Å². The topological polar surface area (TPSA) is 57.5 Å². The molecule has 30 heavy (non-hydrogen) atoms. The highest BCUT2D eigenvalue weighted by atomic mass is 127. The normalized spacial score (nSPS) is 15.6. The lowest BCUT2D eigenvalue weighted by Gasteiger charge is -2.30. The number of nitrogens with one attached hydrogen (secondary N) is 2. The van der Waals surface area contributed by atoms with Gasteiger partial charge in [-0.3, -0.25) is 4.99 Å². The maximum absolute atomic E-state index is 4.52. The van der Waals surface area contributed by atoms with E-state index in [0.29, 0.717) is 0 Å². The van der Waals surface area contributed by atoms with E-state index in [4.69, 9.17) is 0 Å². The first-order valence-corrected chi connectivity index (χ1v) is 11.0. The second-order valence-electron chi connectivity index (χ2n) is 8.01. The highest BCUT2D eigenvalue weighted by molar-refractivity contribution is 14.0. The van der Waals surface area contributed by atoms with Crippen LogP contribution in [0.3, 0.4) is 0 Å². The van der Waals surface area contributed by atoms with Crippen molar-refractivity contribution in [2.24, 2.45) is 10.9 Å². The molecular weight excluding hydrogens is 487 g/mol. The summed E-state index contributed by atoms with van der Waals surface area (Å²) in [5.41, 5.74) is 1.29. The molecule has 0 atom stereocenters. The molecule has 0 amide bonds. The van der Waals surface area contributed by atoms with Gasteiger partial charge in [0.2, 0.25) is 0 Å². The average molecular weight is 524 g/mol. The molecule has 2 aromatic rings. The maximum Gasteiger partial charge on any atom is 0.190 e. The van der Waals surface area contributed by atoms with E-state index in [9.17, 15) is 0 Å². The Bertz CT molecular complexity index is 737. The minimum Gasteiger partial charge on any atom is -0.356 e. The zero-order chi connectivity index (χ0) is 20.3. The third-order valence-electron chi connectivity index (χ3n) is 5.68. The minimum absolute atomic E-state index is 0. The number of nitrogens with zero attached hydrogens (tertiary/aromatic N) is 4. The standard InChI is InChI=1S/C23H36N6.HI/c1-20-10-16-28(17-11-20)15-6-12-26-23(24-2)27-13-9-22-25-14-18-29(22)19-21-7-4-3-5-8-21;/h3-5,7-8,14,18,20H,6,9-13,15-17,19H2,1-2H3,(H2,24,26,27);1H. The van der Waals surface area contributed by atoms with E-state index in [2.05, 4.69) is 67.5 Å². The molecule has 166 valence electrons. The monoisotopic (exact) mass is 524 g/mol. The Balaban J connectivity index is 0.00000320. The first kappa shape index (κ1) is 24.7. The summed E-state index contributed by atoms with van der Waals surface area (Å²) in [4.78, 5) is 11.5. The summed E-state index contributed by atoms with van der Waals surface area (Å²) in [5, 5.41) is 6.85. The SMILES string of the molecule is CN=C(NCCCN1CCC(C)CC1)NCCc1nccn1Cc1ccccc1.I. The van der Waals surface area contributed by atoms with Crippen LogP contribution < -0.4 is 10.6 Å². The van der Waals surface area contributed by atoms with Gasteiger partial charge in [-0.15, -0.1) is 24.0 Å². The molecule has 1 aromatic heterocycles. The lowest BCUT2D eigenvalue weighted by atomic mass is 9.99. The summed E-state index contributed by atoms with van der Waals surface area (Å²) in [6, 6.07) is 10.5. The Morgan fingerprint density at radius 2 is 1.87 bits per heavy atom. The zero-order valence-corrected chi connectivity index (χ0v) is 20.7. The first-order valence-electron chi connectivity index (χ1n) is 11.0. The van der Waals surface area contributed by atoms with Crippen LogP contribution in [0.25, 0.3) is 0 Å². The smallest absolute Gasteiger partial charge is 0.190 e. The summed E-state index contributed by atoms with van der Waals surface area (Å²) in [7, 11) is 1.83. The first-order chi connectivity index (χ1) is 14.2. The molecule has 3 rings (SSSR count). The molecule has 2 N–H and O–H groups in total. The van der Waals surface area contributed by atoms with Crippen LogP contribution in [0.2, 0.25) is 0 Å². The molecule has 6 nitrogen and oxygen atoms in total. The highest BCUT2D eigenvalue weighted by Gasteiger charge is 2.14. The van der Waals surface area contributed by atoms with Gasteiger partial charge < -0.3 is 20.1 Å². The Hall–Kier alpha value is -1.61. The molecule has 0 spiro atoms. The van der Waals surface area contributed by atoms with E-state index in [1.165, 1.54) is 38.0 Å². The molecule has 1 aromatic carbocycles. The lowest BCUT2D eigenvalue weighted by molar-refractivity contribution is 0.191. The third kappa shape index (κ3) is 8.26. The summed E-state index contributed by atoms with van der Waals surface area (Å²) < 4.78 is 2.21. The van der Waals surface area contributed by atoms with E-state index in [1.807, 2.05) is 19.3 Å². The molecule has 0 unspecified atom stereocenters. The summed E-state index contributed by atoms with van der Waals surface area (Å²) in [6.45, 7) is 8.67. The van der Waals surface area contributed by atoms with Gasteiger partial charge in [0.1, 0.15) is 5.82 Å². The second kappa shape index (κ2) is 13.6. The number of aliphatic imine (C=N–C) groups is 1.